The van der Waals surface area contributed by atoms with Crippen LogP contribution in [0.5, 0.6) is 0 Å². The number of hydrogen-bond acceptors (Lipinski definition) is 4. The van der Waals surface area contributed by atoms with Gasteiger partial charge in [0.1, 0.15) is 0 Å². The first-order valence-electron chi connectivity index (χ1n) is 4.77. The molecular formula is C9H16N4O. The highest BCUT2D eigenvalue weighted by Crippen LogP contribution is 2.24. The molecule has 1 unspecified atom stereocenters. The summed E-state index contributed by atoms with van der Waals surface area (Å²) in [5, 5.41) is 4.32. The monoisotopic (exact) mass is 196 g/mol. The molecule has 1 aliphatic heterocycles. The molecule has 0 amide bonds. The van der Waals surface area contributed by atoms with Gasteiger partial charge in [0, 0.05) is 33.4 Å². The third-order valence-corrected chi connectivity index (χ3v) is 2.61. The highest BCUT2D eigenvalue weighted by atomic mass is 16.5. The summed E-state index contributed by atoms with van der Waals surface area (Å²) < 4.78 is 7.03. The van der Waals surface area contributed by atoms with Crippen LogP contribution in [0.3, 0.4) is 0 Å². The molecule has 0 aromatic carbocycles. The number of nitrogens with zero attached hydrogens (tertiary/aromatic N) is 3. The number of nitrogens with two attached hydrogens (primary N) is 1. The number of hydrogen-bond donors (Lipinski definition) is 1. The van der Waals surface area contributed by atoms with Gasteiger partial charge in [0.15, 0.2) is 5.82 Å². The van der Waals surface area contributed by atoms with Crippen LogP contribution in [0.1, 0.15) is 6.42 Å². The maximum atomic E-state index is 5.84. The summed E-state index contributed by atoms with van der Waals surface area (Å²) in [5.74, 6) is 0.882. The lowest BCUT2D eigenvalue weighted by Crippen LogP contribution is -2.23. The molecule has 1 aromatic rings. The van der Waals surface area contributed by atoms with Crippen molar-refractivity contribution in [3.05, 3.63) is 6.20 Å². The molecule has 5 nitrogen and oxygen atoms in total. The molecule has 1 atom stereocenters. The van der Waals surface area contributed by atoms with Gasteiger partial charge >= 0.3 is 0 Å². The fourth-order valence-corrected chi connectivity index (χ4v) is 1.85. The Kier molecular flexibility index (Phi) is 2.33. The zero-order valence-corrected chi connectivity index (χ0v) is 8.60. The summed E-state index contributed by atoms with van der Waals surface area (Å²) in [6, 6.07) is 0. The number of aromatic nitrogens is 2. The van der Waals surface area contributed by atoms with Crippen molar-refractivity contribution >= 4 is 11.5 Å². The first-order valence-corrected chi connectivity index (χ1v) is 4.77. The average Bonchev–Trinajstić information content (AvgIpc) is 2.71. The quantitative estimate of drug-likeness (QED) is 0.735. The van der Waals surface area contributed by atoms with Gasteiger partial charge in [0.25, 0.3) is 0 Å². The second kappa shape index (κ2) is 3.49. The zero-order chi connectivity index (χ0) is 10.1. The minimum atomic E-state index is 0.316. The minimum Gasteiger partial charge on any atom is -0.394 e. The zero-order valence-electron chi connectivity index (χ0n) is 8.60. The number of ether oxygens (including phenoxy) is 1. The van der Waals surface area contributed by atoms with E-state index in [2.05, 4.69) is 10.00 Å². The van der Waals surface area contributed by atoms with Crippen molar-refractivity contribution in [3.8, 4) is 0 Å². The molecular weight excluding hydrogens is 180 g/mol. The Balaban J connectivity index is 2.13. The van der Waals surface area contributed by atoms with Crippen LogP contribution in [0.4, 0.5) is 11.5 Å². The minimum absolute atomic E-state index is 0.316. The summed E-state index contributed by atoms with van der Waals surface area (Å²) in [6.45, 7) is 1.86. The lowest BCUT2D eigenvalue weighted by molar-refractivity contribution is 0.121. The molecule has 0 spiro atoms. The maximum Gasteiger partial charge on any atom is 0.173 e. The van der Waals surface area contributed by atoms with E-state index in [1.54, 1.807) is 11.8 Å². The smallest absolute Gasteiger partial charge is 0.173 e. The Morgan fingerprint density at radius 2 is 2.43 bits per heavy atom. The van der Waals surface area contributed by atoms with Gasteiger partial charge in [-0.15, -0.1) is 0 Å². The Bertz CT molecular complexity index is 323. The van der Waals surface area contributed by atoms with Crippen molar-refractivity contribution in [2.75, 3.05) is 30.8 Å². The van der Waals surface area contributed by atoms with E-state index in [9.17, 15) is 0 Å². The van der Waals surface area contributed by atoms with Crippen molar-refractivity contribution in [3.63, 3.8) is 0 Å². The van der Waals surface area contributed by atoms with E-state index in [0.29, 0.717) is 6.10 Å². The number of rotatable bonds is 2. The van der Waals surface area contributed by atoms with Gasteiger partial charge in [-0.2, -0.15) is 5.10 Å². The van der Waals surface area contributed by atoms with Gasteiger partial charge in [-0.25, -0.2) is 0 Å². The van der Waals surface area contributed by atoms with E-state index in [-0.39, 0.29) is 0 Å². The molecule has 0 radical (unpaired) electrons. The molecule has 0 saturated carbocycles. The molecule has 2 N–H and O–H groups in total. The first-order chi connectivity index (χ1) is 6.70. The van der Waals surface area contributed by atoms with Crippen LogP contribution in [0, 0.1) is 0 Å². The summed E-state index contributed by atoms with van der Waals surface area (Å²) in [7, 11) is 3.62. The van der Waals surface area contributed by atoms with Gasteiger partial charge < -0.3 is 15.4 Å². The molecule has 2 rings (SSSR count). The van der Waals surface area contributed by atoms with Crippen LogP contribution in [0.25, 0.3) is 0 Å². The van der Waals surface area contributed by atoms with E-state index in [4.69, 9.17) is 10.5 Å². The predicted molar refractivity (Wildman–Crippen MR) is 55.2 cm³/mol. The van der Waals surface area contributed by atoms with E-state index in [1.165, 1.54) is 0 Å². The number of nitrogen functional groups attached to an aromatic ring is 1. The van der Waals surface area contributed by atoms with Crippen molar-refractivity contribution in [2.24, 2.45) is 7.05 Å². The standard InChI is InChI=1S/C9H16N4O/c1-12-6-8(10)9(11-12)13-4-3-7(5-13)14-2/h6-7H,3-5,10H2,1-2H3. The van der Waals surface area contributed by atoms with Crippen LogP contribution in [-0.4, -0.2) is 36.1 Å². The summed E-state index contributed by atoms with van der Waals surface area (Å²) >= 11 is 0. The number of aryl methyl sites for hydroxylation is 1. The maximum absolute atomic E-state index is 5.84. The third kappa shape index (κ3) is 1.55. The molecule has 0 bridgehead atoms. The van der Waals surface area contributed by atoms with Gasteiger partial charge in [0.2, 0.25) is 0 Å². The van der Waals surface area contributed by atoms with E-state index in [0.717, 1.165) is 31.0 Å². The van der Waals surface area contributed by atoms with Crippen molar-refractivity contribution < 1.29 is 4.74 Å². The molecule has 5 heteroatoms. The van der Waals surface area contributed by atoms with E-state index in [1.807, 2.05) is 13.2 Å². The molecule has 2 heterocycles. The first kappa shape index (κ1) is 9.33. The molecule has 14 heavy (non-hydrogen) atoms. The summed E-state index contributed by atoms with van der Waals surface area (Å²) in [6.07, 6.45) is 3.19. The van der Waals surface area contributed by atoms with E-state index < -0.39 is 0 Å². The van der Waals surface area contributed by atoms with Crippen LogP contribution in [0.15, 0.2) is 6.20 Å². The highest BCUT2D eigenvalue weighted by molar-refractivity contribution is 5.62. The molecule has 78 valence electrons. The van der Waals surface area contributed by atoms with Gasteiger partial charge in [0.05, 0.1) is 11.8 Å². The Labute approximate surface area is 83.4 Å². The van der Waals surface area contributed by atoms with Crippen molar-refractivity contribution in [1.82, 2.24) is 9.78 Å². The molecule has 1 fully saturated rings. The van der Waals surface area contributed by atoms with Gasteiger partial charge in [-0.3, -0.25) is 4.68 Å². The Morgan fingerprint density at radius 3 is 2.93 bits per heavy atom. The van der Waals surface area contributed by atoms with Crippen molar-refractivity contribution in [1.29, 1.82) is 0 Å². The van der Waals surface area contributed by atoms with Crippen LogP contribution in [-0.2, 0) is 11.8 Å². The third-order valence-electron chi connectivity index (χ3n) is 2.61. The molecule has 0 aliphatic carbocycles. The molecule has 1 saturated heterocycles. The fraction of sp³-hybridized carbons (Fsp3) is 0.667. The lowest BCUT2D eigenvalue weighted by atomic mass is 10.3. The van der Waals surface area contributed by atoms with Gasteiger partial charge in [-0.1, -0.05) is 0 Å². The number of anilines is 2. The Morgan fingerprint density at radius 1 is 1.64 bits per heavy atom. The second-order valence-electron chi connectivity index (χ2n) is 3.67. The number of methoxy groups -OCH3 is 1. The normalized spacial score (nSPS) is 21.9. The SMILES string of the molecule is COC1CCN(c2nn(C)cc2N)C1. The van der Waals surface area contributed by atoms with E-state index >= 15 is 0 Å². The summed E-state index contributed by atoms with van der Waals surface area (Å²) in [5.41, 5.74) is 6.58. The molecule has 1 aromatic heterocycles. The topological polar surface area (TPSA) is 56.3 Å². The average molecular weight is 196 g/mol. The largest absolute Gasteiger partial charge is 0.394 e. The fourth-order valence-electron chi connectivity index (χ4n) is 1.85. The highest BCUT2D eigenvalue weighted by Gasteiger charge is 2.25. The lowest BCUT2D eigenvalue weighted by Gasteiger charge is -2.15. The predicted octanol–water partition coefficient (Wildman–Crippen LogP) is 0.227. The summed E-state index contributed by atoms with van der Waals surface area (Å²) in [4.78, 5) is 2.17. The van der Waals surface area contributed by atoms with Crippen LogP contribution < -0.4 is 10.6 Å². The van der Waals surface area contributed by atoms with Crippen LogP contribution in [0.2, 0.25) is 0 Å². The Hall–Kier alpha value is -1.23. The second-order valence-corrected chi connectivity index (χ2v) is 3.67. The van der Waals surface area contributed by atoms with Gasteiger partial charge in [-0.05, 0) is 6.42 Å². The van der Waals surface area contributed by atoms with Crippen LogP contribution >= 0.6 is 0 Å². The van der Waals surface area contributed by atoms with Crippen molar-refractivity contribution in [2.45, 2.75) is 12.5 Å². The molecule has 1 aliphatic rings.